The highest BCUT2D eigenvalue weighted by Crippen LogP contribution is 2.28. The number of nitrogens with zero attached hydrogens (tertiary/aromatic N) is 2. The van der Waals surface area contributed by atoms with E-state index in [9.17, 15) is 4.79 Å². The van der Waals surface area contributed by atoms with E-state index in [-0.39, 0.29) is 21.6 Å². The number of nitrogens with one attached hydrogen (secondary N) is 1. The molecule has 1 heterocycles. The maximum absolute atomic E-state index is 11.9. The number of benzene rings is 1. The van der Waals surface area contributed by atoms with Gasteiger partial charge in [0.2, 0.25) is 0 Å². The van der Waals surface area contributed by atoms with Crippen LogP contribution in [0.3, 0.4) is 0 Å². The van der Waals surface area contributed by atoms with Crippen molar-refractivity contribution in [1.82, 2.24) is 10.2 Å². The number of hydrogen-bond donors (Lipinski definition) is 2. The van der Waals surface area contributed by atoms with Gasteiger partial charge in [-0.3, -0.25) is 4.79 Å². The van der Waals surface area contributed by atoms with E-state index in [0.29, 0.717) is 11.4 Å². The molecule has 0 saturated carbocycles. The van der Waals surface area contributed by atoms with E-state index >= 15 is 0 Å². The predicted octanol–water partition coefficient (Wildman–Crippen LogP) is 2.62. The summed E-state index contributed by atoms with van der Waals surface area (Å²) in [6.45, 7) is 0. The highest BCUT2D eigenvalue weighted by atomic mass is 35.5. The molecule has 0 saturated heterocycles. The smallest absolute Gasteiger partial charge is 0.256 e. The predicted molar refractivity (Wildman–Crippen MR) is 70.9 cm³/mol. The minimum Gasteiger partial charge on any atom is -0.396 e. The molecule has 5 nitrogen and oxygen atoms in total. The molecule has 0 aliphatic rings. The fourth-order valence-electron chi connectivity index (χ4n) is 1.27. The van der Waals surface area contributed by atoms with Gasteiger partial charge < -0.3 is 11.1 Å². The van der Waals surface area contributed by atoms with Gasteiger partial charge in [-0.05, 0) is 24.3 Å². The molecule has 1 amide bonds. The average Bonchev–Trinajstić information content (AvgIpc) is 2.36. The summed E-state index contributed by atoms with van der Waals surface area (Å²) in [6, 6.07) is 6.15. The van der Waals surface area contributed by atoms with Gasteiger partial charge in [-0.15, -0.1) is 5.10 Å². The number of anilines is 2. The summed E-state index contributed by atoms with van der Waals surface area (Å²) in [5, 5.41) is 10.4. The van der Waals surface area contributed by atoms with E-state index in [1.54, 1.807) is 12.1 Å². The first kappa shape index (κ1) is 12.6. The van der Waals surface area contributed by atoms with Gasteiger partial charge in [0.15, 0.2) is 5.82 Å². The lowest BCUT2D eigenvalue weighted by atomic mass is 10.2. The summed E-state index contributed by atoms with van der Waals surface area (Å²) in [6.07, 6.45) is 1.51. The second-order valence-electron chi connectivity index (χ2n) is 3.42. The Bertz CT molecular complexity index is 566. The van der Waals surface area contributed by atoms with E-state index < -0.39 is 0 Å². The molecular formula is C11H8Cl2N4O. The second-order valence-corrected chi connectivity index (χ2v) is 4.23. The first-order chi connectivity index (χ1) is 8.58. The Balaban J connectivity index is 2.25. The summed E-state index contributed by atoms with van der Waals surface area (Å²) in [5.41, 5.74) is 6.13. The first-order valence-corrected chi connectivity index (χ1v) is 5.67. The van der Waals surface area contributed by atoms with E-state index in [2.05, 4.69) is 15.5 Å². The third-order valence-corrected chi connectivity index (χ3v) is 2.78. The minimum absolute atomic E-state index is 0.229. The van der Waals surface area contributed by atoms with Gasteiger partial charge in [0.25, 0.3) is 5.91 Å². The fraction of sp³-hybridized carbons (Fsp3) is 0. The van der Waals surface area contributed by atoms with Gasteiger partial charge in [-0.25, -0.2) is 0 Å². The fourth-order valence-corrected chi connectivity index (χ4v) is 1.76. The maximum Gasteiger partial charge on any atom is 0.256 e. The number of nitrogens with two attached hydrogens (primary N) is 1. The van der Waals surface area contributed by atoms with Gasteiger partial charge in [0, 0.05) is 11.8 Å². The molecular weight excluding hydrogens is 275 g/mol. The quantitative estimate of drug-likeness (QED) is 0.830. The van der Waals surface area contributed by atoms with Crippen LogP contribution >= 0.6 is 23.2 Å². The summed E-state index contributed by atoms with van der Waals surface area (Å²) in [7, 11) is 0. The Morgan fingerprint density at radius 1 is 1.28 bits per heavy atom. The molecule has 0 bridgehead atoms. The molecule has 0 fully saturated rings. The summed E-state index contributed by atoms with van der Waals surface area (Å²) < 4.78 is 0. The lowest BCUT2D eigenvalue weighted by Gasteiger charge is -2.06. The summed E-state index contributed by atoms with van der Waals surface area (Å²) in [5.74, 6) is -0.0501. The van der Waals surface area contributed by atoms with Gasteiger partial charge in [0.1, 0.15) is 0 Å². The van der Waals surface area contributed by atoms with Crippen molar-refractivity contribution in [2.24, 2.45) is 0 Å². The minimum atomic E-state index is -0.390. The van der Waals surface area contributed by atoms with Crippen molar-refractivity contribution in [2.45, 2.75) is 0 Å². The van der Waals surface area contributed by atoms with Crippen molar-refractivity contribution in [3.8, 4) is 0 Å². The van der Waals surface area contributed by atoms with E-state index in [1.807, 2.05) is 0 Å². The number of aromatic nitrogens is 2. The lowest BCUT2D eigenvalue weighted by Crippen LogP contribution is -2.13. The van der Waals surface area contributed by atoms with Crippen molar-refractivity contribution in [3.63, 3.8) is 0 Å². The number of carbonyl (C=O) groups excluding carboxylic acids is 1. The van der Waals surface area contributed by atoms with Crippen molar-refractivity contribution in [3.05, 3.63) is 46.1 Å². The molecule has 92 valence electrons. The maximum atomic E-state index is 11.9. The molecule has 1 aromatic carbocycles. The molecule has 0 spiro atoms. The zero-order chi connectivity index (χ0) is 13.1. The largest absolute Gasteiger partial charge is 0.396 e. The molecule has 2 rings (SSSR count). The zero-order valence-electron chi connectivity index (χ0n) is 9.02. The van der Waals surface area contributed by atoms with Crippen molar-refractivity contribution in [1.29, 1.82) is 0 Å². The van der Waals surface area contributed by atoms with Crippen LogP contribution in [0.1, 0.15) is 10.4 Å². The standard InChI is InChI=1S/C11H8Cl2N4O/c12-7-4-6(5-8(13)10(7)14)11(18)16-9-2-1-3-15-17-9/h1-5H,14H2,(H,16,17,18). The highest BCUT2D eigenvalue weighted by Gasteiger charge is 2.11. The monoisotopic (exact) mass is 282 g/mol. The third-order valence-electron chi connectivity index (χ3n) is 2.16. The third kappa shape index (κ3) is 2.69. The highest BCUT2D eigenvalue weighted by molar-refractivity contribution is 6.39. The first-order valence-electron chi connectivity index (χ1n) is 4.91. The molecule has 0 radical (unpaired) electrons. The number of amides is 1. The van der Waals surface area contributed by atoms with Gasteiger partial charge >= 0.3 is 0 Å². The number of halogens is 2. The van der Waals surface area contributed by atoms with Crippen LogP contribution in [0.5, 0.6) is 0 Å². The Morgan fingerprint density at radius 2 is 1.94 bits per heavy atom. The van der Waals surface area contributed by atoms with Gasteiger partial charge in [-0.1, -0.05) is 23.2 Å². The van der Waals surface area contributed by atoms with Crippen LogP contribution in [-0.4, -0.2) is 16.1 Å². The Morgan fingerprint density at radius 3 is 2.50 bits per heavy atom. The van der Waals surface area contributed by atoms with Gasteiger partial charge in [-0.2, -0.15) is 5.10 Å². The topological polar surface area (TPSA) is 80.9 Å². The van der Waals surface area contributed by atoms with Crippen molar-refractivity contribution >= 4 is 40.6 Å². The summed E-state index contributed by atoms with van der Waals surface area (Å²) >= 11 is 11.7. The summed E-state index contributed by atoms with van der Waals surface area (Å²) in [4.78, 5) is 11.9. The normalized spacial score (nSPS) is 10.1. The molecule has 0 atom stereocenters. The molecule has 3 N–H and O–H groups in total. The lowest BCUT2D eigenvalue weighted by molar-refractivity contribution is 0.102. The van der Waals surface area contributed by atoms with Crippen molar-refractivity contribution < 1.29 is 4.79 Å². The van der Waals surface area contributed by atoms with Crippen LogP contribution in [0.4, 0.5) is 11.5 Å². The number of rotatable bonds is 2. The van der Waals surface area contributed by atoms with E-state index in [0.717, 1.165) is 0 Å². The van der Waals surface area contributed by atoms with Crippen LogP contribution in [0.2, 0.25) is 10.0 Å². The van der Waals surface area contributed by atoms with Gasteiger partial charge in [0.05, 0.1) is 15.7 Å². The Hall–Kier alpha value is -1.85. The van der Waals surface area contributed by atoms with Crippen LogP contribution < -0.4 is 11.1 Å². The molecule has 0 aliphatic heterocycles. The van der Waals surface area contributed by atoms with Crippen molar-refractivity contribution in [2.75, 3.05) is 11.1 Å². The molecule has 7 heteroatoms. The van der Waals surface area contributed by atoms with Crippen LogP contribution in [0.25, 0.3) is 0 Å². The number of carbonyl (C=O) groups is 1. The molecule has 18 heavy (non-hydrogen) atoms. The molecule has 0 aliphatic carbocycles. The number of hydrogen-bond acceptors (Lipinski definition) is 4. The van der Waals surface area contributed by atoms with Crippen LogP contribution in [-0.2, 0) is 0 Å². The molecule has 2 aromatic rings. The number of nitrogen functional groups attached to an aromatic ring is 1. The Labute approximate surface area is 113 Å². The SMILES string of the molecule is Nc1c(Cl)cc(C(=O)Nc2cccnn2)cc1Cl. The van der Waals surface area contributed by atoms with E-state index in [4.69, 9.17) is 28.9 Å². The van der Waals surface area contributed by atoms with Crippen LogP contribution in [0.15, 0.2) is 30.5 Å². The Kier molecular flexibility index (Phi) is 3.64. The molecule has 0 unspecified atom stereocenters. The second kappa shape index (κ2) is 5.20. The van der Waals surface area contributed by atoms with Crippen LogP contribution in [0, 0.1) is 0 Å². The average molecular weight is 283 g/mol. The van der Waals surface area contributed by atoms with E-state index in [1.165, 1.54) is 18.3 Å². The molecule has 1 aromatic heterocycles. The zero-order valence-corrected chi connectivity index (χ0v) is 10.5.